The van der Waals surface area contributed by atoms with Crippen molar-refractivity contribution in [2.75, 3.05) is 13.6 Å². The Labute approximate surface area is 125 Å². The third-order valence-corrected chi connectivity index (χ3v) is 4.26. The van der Waals surface area contributed by atoms with E-state index in [0.717, 1.165) is 19.3 Å². The molecule has 0 radical (unpaired) electrons. The first-order valence-corrected chi connectivity index (χ1v) is 7.71. The minimum absolute atomic E-state index is 0.0708. The van der Waals surface area contributed by atoms with E-state index in [-0.39, 0.29) is 18.2 Å². The Morgan fingerprint density at radius 1 is 1.14 bits per heavy atom. The molecular formula is C15H26N2O4. The smallest absolute Gasteiger partial charge is 0.329 e. The van der Waals surface area contributed by atoms with Crippen LogP contribution < -0.4 is 5.32 Å². The van der Waals surface area contributed by atoms with Crippen molar-refractivity contribution in [3.8, 4) is 0 Å². The molecule has 0 unspecified atom stereocenters. The van der Waals surface area contributed by atoms with Gasteiger partial charge in [0, 0.05) is 26.4 Å². The van der Waals surface area contributed by atoms with Crippen LogP contribution in [-0.2, 0) is 14.4 Å². The Balaban J connectivity index is 2.55. The van der Waals surface area contributed by atoms with Gasteiger partial charge in [-0.1, -0.05) is 19.3 Å². The second-order valence-corrected chi connectivity index (χ2v) is 5.66. The molecular weight excluding hydrogens is 272 g/mol. The molecule has 6 nitrogen and oxygen atoms in total. The maximum absolute atomic E-state index is 12.2. The third kappa shape index (κ3) is 4.44. The molecule has 0 aliphatic heterocycles. The number of hydrogen-bond donors (Lipinski definition) is 2. The van der Waals surface area contributed by atoms with Crippen LogP contribution in [0.15, 0.2) is 0 Å². The van der Waals surface area contributed by atoms with Gasteiger partial charge in [-0.15, -0.1) is 0 Å². The summed E-state index contributed by atoms with van der Waals surface area (Å²) in [4.78, 5) is 36.6. The van der Waals surface area contributed by atoms with Crippen molar-refractivity contribution in [2.45, 2.75) is 63.8 Å². The van der Waals surface area contributed by atoms with Crippen molar-refractivity contribution in [3.05, 3.63) is 0 Å². The Kier molecular flexibility index (Phi) is 6.65. The molecule has 0 heterocycles. The Hall–Kier alpha value is -1.59. The first-order chi connectivity index (χ1) is 9.94. The summed E-state index contributed by atoms with van der Waals surface area (Å²) in [5.74, 6) is -1.18. The van der Waals surface area contributed by atoms with E-state index in [1.54, 1.807) is 7.05 Å². The van der Waals surface area contributed by atoms with E-state index in [9.17, 15) is 19.5 Å². The molecule has 2 N–H and O–H groups in total. The third-order valence-electron chi connectivity index (χ3n) is 4.26. The number of carbonyl (C=O) groups is 3. The fourth-order valence-corrected chi connectivity index (χ4v) is 2.92. The standard InChI is InChI=1S/C15H26N2O4/c1-3-16-12(18)8-7-9-13(19)17(2)15(14(20)21)10-5-4-6-11-15/h3-11H2,1-2H3,(H,16,18)(H,20,21). The monoisotopic (exact) mass is 298 g/mol. The molecule has 1 saturated carbocycles. The van der Waals surface area contributed by atoms with Gasteiger partial charge in [-0.2, -0.15) is 0 Å². The van der Waals surface area contributed by atoms with Gasteiger partial charge in [-0.05, 0) is 26.2 Å². The number of amides is 2. The zero-order valence-corrected chi connectivity index (χ0v) is 13.0. The van der Waals surface area contributed by atoms with Crippen molar-refractivity contribution < 1.29 is 19.5 Å². The van der Waals surface area contributed by atoms with E-state index >= 15 is 0 Å². The number of likely N-dealkylation sites (N-methyl/N-ethyl adjacent to an activating group) is 1. The van der Waals surface area contributed by atoms with E-state index in [0.29, 0.717) is 32.2 Å². The molecule has 1 aliphatic rings. The number of hydrogen-bond acceptors (Lipinski definition) is 3. The minimum atomic E-state index is -1.05. The van der Waals surface area contributed by atoms with E-state index < -0.39 is 11.5 Å². The first-order valence-electron chi connectivity index (χ1n) is 7.71. The number of carboxylic acids is 1. The first kappa shape index (κ1) is 17.5. The highest BCUT2D eigenvalue weighted by atomic mass is 16.4. The van der Waals surface area contributed by atoms with Gasteiger partial charge in [0.25, 0.3) is 0 Å². The second-order valence-electron chi connectivity index (χ2n) is 5.66. The minimum Gasteiger partial charge on any atom is -0.479 e. The maximum Gasteiger partial charge on any atom is 0.329 e. The van der Waals surface area contributed by atoms with E-state index in [4.69, 9.17) is 0 Å². The maximum atomic E-state index is 12.2. The highest BCUT2D eigenvalue weighted by Crippen LogP contribution is 2.33. The van der Waals surface area contributed by atoms with E-state index in [2.05, 4.69) is 5.32 Å². The molecule has 21 heavy (non-hydrogen) atoms. The van der Waals surface area contributed by atoms with Crippen molar-refractivity contribution >= 4 is 17.8 Å². The number of aliphatic carboxylic acids is 1. The van der Waals surface area contributed by atoms with Gasteiger partial charge in [-0.25, -0.2) is 4.79 Å². The summed E-state index contributed by atoms with van der Waals surface area (Å²) in [6, 6.07) is 0. The predicted molar refractivity (Wildman–Crippen MR) is 78.8 cm³/mol. The fourth-order valence-electron chi connectivity index (χ4n) is 2.92. The lowest BCUT2D eigenvalue weighted by atomic mass is 9.80. The molecule has 0 aromatic heterocycles. The molecule has 0 bridgehead atoms. The van der Waals surface area contributed by atoms with Gasteiger partial charge in [0.15, 0.2) is 0 Å². The molecule has 0 saturated heterocycles. The van der Waals surface area contributed by atoms with Crippen LogP contribution in [0, 0.1) is 0 Å². The topological polar surface area (TPSA) is 86.7 Å². The van der Waals surface area contributed by atoms with Crippen molar-refractivity contribution in [3.63, 3.8) is 0 Å². The van der Waals surface area contributed by atoms with Crippen LogP contribution in [0.5, 0.6) is 0 Å². The van der Waals surface area contributed by atoms with Gasteiger partial charge < -0.3 is 15.3 Å². The van der Waals surface area contributed by atoms with Crippen LogP contribution in [0.4, 0.5) is 0 Å². The molecule has 1 aliphatic carbocycles. The predicted octanol–water partition coefficient (Wildman–Crippen LogP) is 1.54. The zero-order chi connectivity index (χ0) is 15.9. The number of carbonyl (C=O) groups excluding carboxylic acids is 2. The number of rotatable bonds is 7. The number of nitrogens with zero attached hydrogens (tertiary/aromatic N) is 1. The van der Waals surface area contributed by atoms with Gasteiger partial charge in [-0.3, -0.25) is 9.59 Å². The lowest BCUT2D eigenvalue weighted by molar-refractivity contribution is -0.160. The van der Waals surface area contributed by atoms with Gasteiger partial charge in [0.2, 0.25) is 11.8 Å². The van der Waals surface area contributed by atoms with Crippen LogP contribution in [0.1, 0.15) is 58.3 Å². The molecule has 0 aromatic carbocycles. The van der Waals surface area contributed by atoms with Crippen LogP contribution in [0.25, 0.3) is 0 Å². The van der Waals surface area contributed by atoms with E-state index in [1.165, 1.54) is 4.90 Å². The number of carboxylic acid groups (broad SMARTS) is 1. The Morgan fingerprint density at radius 2 is 1.76 bits per heavy atom. The molecule has 0 aromatic rings. The Morgan fingerprint density at radius 3 is 2.29 bits per heavy atom. The molecule has 1 fully saturated rings. The lowest BCUT2D eigenvalue weighted by Gasteiger charge is -2.41. The fraction of sp³-hybridized carbons (Fsp3) is 0.800. The van der Waals surface area contributed by atoms with E-state index in [1.807, 2.05) is 6.92 Å². The normalized spacial score (nSPS) is 17.0. The summed E-state index contributed by atoms with van der Waals surface area (Å²) in [6.07, 6.45) is 4.68. The molecule has 1 rings (SSSR count). The van der Waals surface area contributed by atoms with Crippen LogP contribution in [0.2, 0.25) is 0 Å². The summed E-state index contributed by atoms with van der Waals surface area (Å²) in [5.41, 5.74) is -1.05. The average molecular weight is 298 g/mol. The lowest BCUT2D eigenvalue weighted by Crippen LogP contribution is -2.56. The zero-order valence-electron chi connectivity index (χ0n) is 13.0. The summed E-state index contributed by atoms with van der Waals surface area (Å²) in [7, 11) is 1.58. The quantitative estimate of drug-likeness (QED) is 0.746. The van der Waals surface area contributed by atoms with Crippen molar-refractivity contribution in [1.29, 1.82) is 0 Å². The molecule has 2 amide bonds. The highest BCUT2D eigenvalue weighted by molar-refractivity contribution is 5.87. The van der Waals surface area contributed by atoms with Gasteiger partial charge >= 0.3 is 5.97 Å². The summed E-state index contributed by atoms with van der Waals surface area (Å²) in [6.45, 7) is 2.42. The second kappa shape index (κ2) is 8.00. The average Bonchev–Trinajstić information content (AvgIpc) is 2.47. The number of nitrogens with one attached hydrogen (secondary N) is 1. The summed E-state index contributed by atoms with van der Waals surface area (Å²) >= 11 is 0. The molecule has 120 valence electrons. The van der Waals surface area contributed by atoms with Crippen LogP contribution >= 0.6 is 0 Å². The van der Waals surface area contributed by atoms with Crippen molar-refractivity contribution in [2.24, 2.45) is 0 Å². The van der Waals surface area contributed by atoms with Crippen molar-refractivity contribution in [1.82, 2.24) is 10.2 Å². The SMILES string of the molecule is CCNC(=O)CCCC(=O)N(C)C1(C(=O)O)CCCCC1. The van der Waals surface area contributed by atoms with Crippen LogP contribution in [0.3, 0.4) is 0 Å². The summed E-state index contributed by atoms with van der Waals surface area (Å²) in [5, 5.41) is 12.2. The van der Waals surface area contributed by atoms with Gasteiger partial charge in [0.1, 0.15) is 5.54 Å². The molecule has 0 spiro atoms. The van der Waals surface area contributed by atoms with Crippen LogP contribution in [-0.4, -0.2) is 46.9 Å². The largest absolute Gasteiger partial charge is 0.479 e. The molecule has 6 heteroatoms. The molecule has 0 atom stereocenters. The summed E-state index contributed by atoms with van der Waals surface area (Å²) < 4.78 is 0. The van der Waals surface area contributed by atoms with Gasteiger partial charge in [0.05, 0.1) is 0 Å². The Bertz CT molecular complexity index is 389. The highest BCUT2D eigenvalue weighted by Gasteiger charge is 2.45.